The molecule has 1 aliphatic carbocycles. The van der Waals surface area contributed by atoms with Gasteiger partial charge in [0.15, 0.2) is 5.76 Å². The largest absolute Gasteiger partial charge is 0.454 e. The molecule has 0 aromatic carbocycles. The molecule has 0 spiro atoms. The summed E-state index contributed by atoms with van der Waals surface area (Å²) in [6.07, 6.45) is 0.673. The molecule has 1 aromatic heterocycles. The average molecular weight is 263 g/mol. The quantitative estimate of drug-likeness (QED) is 0.337. The number of hydrazine groups is 1. The second-order valence-corrected chi connectivity index (χ2v) is 4.91. The van der Waals surface area contributed by atoms with Crippen LogP contribution in [0, 0.1) is 18.8 Å². The van der Waals surface area contributed by atoms with Crippen LogP contribution >= 0.6 is 0 Å². The number of amides is 3. The Morgan fingerprint density at radius 3 is 2.68 bits per heavy atom. The standard InChI is InChI=1S/C12H13N3O4/c1-5-2-6(19-9(5)10(16)14-13)4-15-11(17)7-3-8(7)12(15)18/h2,7-8H,3-4,13H2,1H3,(H,14,16). The van der Waals surface area contributed by atoms with E-state index in [1.807, 2.05) is 5.43 Å². The Morgan fingerprint density at radius 1 is 1.47 bits per heavy atom. The summed E-state index contributed by atoms with van der Waals surface area (Å²) >= 11 is 0. The maximum Gasteiger partial charge on any atom is 0.301 e. The number of piperidine rings is 1. The zero-order chi connectivity index (χ0) is 13.7. The van der Waals surface area contributed by atoms with Crippen LogP contribution in [0.5, 0.6) is 0 Å². The molecular formula is C12H13N3O4. The molecule has 2 unspecified atom stereocenters. The number of hydrogen-bond donors (Lipinski definition) is 2. The van der Waals surface area contributed by atoms with E-state index in [2.05, 4.69) is 0 Å². The van der Waals surface area contributed by atoms with Gasteiger partial charge in [-0.25, -0.2) is 5.84 Å². The lowest BCUT2D eigenvalue weighted by molar-refractivity contribution is -0.142. The third kappa shape index (κ3) is 1.74. The van der Waals surface area contributed by atoms with Gasteiger partial charge in [0.25, 0.3) is 0 Å². The number of nitrogens with one attached hydrogen (secondary N) is 1. The van der Waals surface area contributed by atoms with Crippen LogP contribution in [0.15, 0.2) is 10.5 Å². The number of fused-ring (bicyclic) bond motifs is 1. The van der Waals surface area contributed by atoms with Crippen molar-refractivity contribution in [2.45, 2.75) is 19.9 Å². The smallest absolute Gasteiger partial charge is 0.301 e. The first kappa shape index (κ1) is 11.9. The summed E-state index contributed by atoms with van der Waals surface area (Å²) in [6, 6.07) is 1.63. The monoisotopic (exact) mass is 263 g/mol. The van der Waals surface area contributed by atoms with Gasteiger partial charge >= 0.3 is 5.91 Å². The summed E-state index contributed by atoms with van der Waals surface area (Å²) in [6.45, 7) is 1.77. The van der Waals surface area contributed by atoms with Crippen LogP contribution in [0.25, 0.3) is 0 Å². The second kappa shape index (κ2) is 3.92. The van der Waals surface area contributed by atoms with Crippen molar-refractivity contribution >= 4 is 17.7 Å². The van der Waals surface area contributed by atoms with E-state index in [1.165, 1.54) is 4.90 Å². The molecule has 3 N–H and O–H groups in total. The van der Waals surface area contributed by atoms with Crippen LogP contribution in [0.3, 0.4) is 0 Å². The van der Waals surface area contributed by atoms with E-state index >= 15 is 0 Å². The van der Waals surface area contributed by atoms with Gasteiger partial charge in [0, 0.05) is 5.56 Å². The van der Waals surface area contributed by atoms with E-state index < -0.39 is 5.91 Å². The van der Waals surface area contributed by atoms with Crippen molar-refractivity contribution in [1.82, 2.24) is 10.3 Å². The Balaban J connectivity index is 1.79. The minimum atomic E-state index is -0.536. The average Bonchev–Trinajstić information content (AvgIpc) is 3.05. The van der Waals surface area contributed by atoms with Crippen molar-refractivity contribution in [3.05, 3.63) is 23.2 Å². The number of aryl methyl sites for hydroxylation is 1. The third-order valence-electron chi connectivity index (χ3n) is 3.58. The molecule has 100 valence electrons. The van der Waals surface area contributed by atoms with Gasteiger partial charge < -0.3 is 4.42 Å². The number of nitrogens with two attached hydrogens (primary N) is 1. The first-order valence-corrected chi connectivity index (χ1v) is 5.98. The van der Waals surface area contributed by atoms with Crippen molar-refractivity contribution in [2.24, 2.45) is 17.7 Å². The Morgan fingerprint density at radius 2 is 2.11 bits per heavy atom. The Hall–Kier alpha value is -2.15. The molecule has 1 saturated heterocycles. The van der Waals surface area contributed by atoms with E-state index in [0.717, 1.165) is 0 Å². The topological polar surface area (TPSA) is 106 Å². The number of carbonyl (C=O) groups is 3. The van der Waals surface area contributed by atoms with E-state index in [4.69, 9.17) is 10.3 Å². The highest BCUT2D eigenvalue weighted by Gasteiger charge is 2.58. The number of rotatable bonds is 3. The number of imide groups is 1. The van der Waals surface area contributed by atoms with E-state index in [9.17, 15) is 14.4 Å². The van der Waals surface area contributed by atoms with Crippen LogP contribution in [-0.4, -0.2) is 22.6 Å². The van der Waals surface area contributed by atoms with Crippen LogP contribution in [0.4, 0.5) is 0 Å². The molecule has 1 aliphatic heterocycles. The van der Waals surface area contributed by atoms with Crippen molar-refractivity contribution in [3.63, 3.8) is 0 Å². The number of nitrogens with zero attached hydrogens (tertiary/aromatic N) is 1. The predicted molar refractivity (Wildman–Crippen MR) is 62.3 cm³/mol. The zero-order valence-corrected chi connectivity index (χ0v) is 10.3. The van der Waals surface area contributed by atoms with E-state index in [1.54, 1.807) is 13.0 Å². The maximum absolute atomic E-state index is 11.8. The fourth-order valence-electron chi connectivity index (χ4n) is 2.48. The highest BCUT2D eigenvalue weighted by Crippen LogP contribution is 2.47. The summed E-state index contributed by atoms with van der Waals surface area (Å²) in [5.74, 6) is 4.45. The first-order valence-electron chi connectivity index (χ1n) is 5.98. The fourth-order valence-corrected chi connectivity index (χ4v) is 2.48. The SMILES string of the molecule is Cc1cc(CN2C(=O)C3CC3C2=O)oc1C(=O)NN. The van der Waals surface area contributed by atoms with Crippen molar-refractivity contribution in [2.75, 3.05) is 0 Å². The lowest BCUT2D eigenvalue weighted by Gasteiger charge is -2.14. The van der Waals surface area contributed by atoms with Gasteiger partial charge in [-0.15, -0.1) is 0 Å². The van der Waals surface area contributed by atoms with Crippen LogP contribution in [0.2, 0.25) is 0 Å². The molecule has 3 rings (SSSR count). The number of hydrogen-bond acceptors (Lipinski definition) is 5. The third-order valence-corrected chi connectivity index (χ3v) is 3.58. The minimum absolute atomic E-state index is 0.0728. The van der Waals surface area contributed by atoms with Gasteiger partial charge in [-0.05, 0) is 19.4 Å². The van der Waals surface area contributed by atoms with Gasteiger partial charge in [-0.2, -0.15) is 0 Å². The van der Waals surface area contributed by atoms with Gasteiger partial charge in [0.05, 0.1) is 18.4 Å². The fraction of sp³-hybridized carbons (Fsp3) is 0.417. The summed E-state index contributed by atoms with van der Waals surface area (Å²) in [5, 5.41) is 0. The molecule has 0 radical (unpaired) electrons. The summed E-state index contributed by atoms with van der Waals surface area (Å²) in [5.41, 5.74) is 2.59. The van der Waals surface area contributed by atoms with Gasteiger partial charge in [-0.3, -0.25) is 24.7 Å². The second-order valence-electron chi connectivity index (χ2n) is 4.91. The zero-order valence-electron chi connectivity index (χ0n) is 10.3. The molecule has 1 saturated carbocycles. The lowest BCUT2D eigenvalue weighted by Crippen LogP contribution is -2.32. The van der Waals surface area contributed by atoms with E-state index in [0.29, 0.717) is 17.7 Å². The predicted octanol–water partition coefficient (Wildman–Crippen LogP) is -0.304. The van der Waals surface area contributed by atoms with Crippen molar-refractivity contribution < 1.29 is 18.8 Å². The number of likely N-dealkylation sites (tertiary alicyclic amines) is 1. The highest BCUT2D eigenvalue weighted by molar-refractivity contribution is 6.08. The molecule has 7 nitrogen and oxygen atoms in total. The van der Waals surface area contributed by atoms with Crippen LogP contribution in [0.1, 0.15) is 28.3 Å². The summed E-state index contributed by atoms with van der Waals surface area (Å²) < 4.78 is 5.34. The molecule has 2 heterocycles. The lowest BCUT2D eigenvalue weighted by atomic mass is 10.2. The first-order chi connectivity index (χ1) is 9.02. The summed E-state index contributed by atoms with van der Waals surface area (Å²) in [7, 11) is 0. The summed E-state index contributed by atoms with van der Waals surface area (Å²) in [4.78, 5) is 36.2. The minimum Gasteiger partial charge on any atom is -0.454 e. The van der Waals surface area contributed by atoms with Crippen molar-refractivity contribution in [3.8, 4) is 0 Å². The van der Waals surface area contributed by atoms with Gasteiger partial charge in [0.2, 0.25) is 11.8 Å². The van der Waals surface area contributed by atoms with E-state index in [-0.39, 0.29) is 36.0 Å². The normalized spacial score (nSPS) is 24.6. The molecule has 2 fully saturated rings. The Kier molecular flexibility index (Phi) is 2.46. The number of nitrogen functional groups attached to an aromatic ring is 1. The molecular weight excluding hydrogens is 250 g/mol. The number of furan rings is 1. The molecule has 3 amide bonds. The van der Waals surface area contributed by atoms with Crippen molar-refractivity contribution in [1.29, 1.82) is 0 Å². The molecule has 7 heteroatoms. The Bertz CT molecular complexity index is 572. The van der Waals surface area contributed by atoms with Gasteiger partial charge in [0.1, 0.15) is 5.76 Å². The number of carbonyl (C=O) groups excluding carboxylic acids is 3. The van der Waals surface area contributed by atoms with Gasteiger partial charge in [-0.1, -0.05) is 0 Å². The van der Waals surface area contributed by atoms with Crippen LogP contribution < -0.4 is 11.3 Å². The van der Waals surface area contributed by atoms with Crippen LogP contribution in [-0.2, 0) is 16.1 Å². The molecule has 2 atom stereocenters. The molecule has 2 aliphatic rings. The Labute approximate surface area is 108 Å². The molecule has 0 bridgehead atoms. The highest BCUT2D eigenvalue weighted by atomic mass is 16.4. The maximum atomic E-state index is 11.8. The molecule has 1 aromatic rings. The molecule has 19 heavy (non-hydrogen) atoms.